The van der Waals surface area contributed by atoms with E-state index in [1.165, 1.54) is 10.8 Å². The van der Waals surface area contributed by atoms with Gasteiger partial charge in [0.1, 0.15) is 24.4 Å². The van der Waals surface area contributed by atoms with Gasteiger partial charge in [0.25, 0.3) is 0 Å². The van der Waals surface area contributed by atoms with Gasteiger partial charge in [-0.25, -0.2) is 14.5 Å². The molecule has 32 heavy (non-hydrogen) atoms. The highest BCUT2D eigenvalue weighted by Crippen LogP contribution is 2.30. The molecule has 0 aliphatic carbocycles. The molecule has 2 aromatic heterocycles. The van der Waals surface area contributed by atoms with Crippen molar-refractivity contribution in [2.75, 3.05) is 13.2 Å². The molecule has 0 amide bonds. The van der Waals surface area contributed by atoms with Gasteiger partial charge in [0.15, 0.2) is 17.3 Å². The second-order valence-electron chi connectivity index (χ2n) is 6.91. The van der Waals surface area contributed by atoms with E-state index in [1.807, 2.05) is 55.5 Å². The Bertz CT molecular complexity index is 1250. The van der Waals surface area contributed by atoms with Crippen LogP contribution in [0.4, 0.5) is 5.82 Å². The summed E-state index contributed by atoms with van der Waals surface area (Å²) < 4.78 is 14.3. The number of imidazole rings is 1. The number of aromatic nitrogens is 3. The van der Waals surface area contributed by atoms with Gasteiger partial charge >= 0.3 is 5.82 Å². The molecule has 9 heteroatoms. The summed E-state index contributed by atoms with van der Waals surface area (Å²) in [5.41, 5.74) is 1.95. The van der Waals surface area contributed by atoms with Gasteiger partial charge in [-0.05, 0) is 47.8 Å². The normalized spacial score (nSPS) is 11.3. The van der Waals surface area contributed by atoms with Crippen molar-refractivity contribution in [3.63, 3.8) is 0 Å². The zero-order valence-corrected chi connectivity index (χ0v) is 18.5. The number of benzene rings is 2. The van der Waals surface area contributed by atoms with Gasteiger partial charge in [-0.3, -0.25) is 0 Å². The summed E-state index contributed by atoms with van der Waals surface area (Å²) in [7, 11) is 0. The minimum Gasteiger partial charge on any atom is -0.490 e. The summed E-state index contributed by atoms with van der Waals surface area (Å²) in [5.74, 6) is 1.73. The molecule has 164 valence electrons. The Kier molecular flexibility index (Phi) is 6.46. The monoisotopic (exact) mass is 450 g/mol. The van der Waals surface area contributed by atoms with Crippen LogP contribution >= 0.6 is 11.3 Å². The molecule has 0 spiro atoms. The Labute approximate surface area is 188 Å². The van der Waals surface area contributed by atoms with Gasteiger partial charge in [0.05, 0.1) is 16.8 Å². The quantitative estimate of drug-likeness (QED) is 0.252. The van der Waals surface area contributed by atoms with Gasteiger partial charge in [-0.15, -0.1) is 11.3 Å². The number of nitro groups is 1. The lowest BCUT2D eigenvalue weighted by molar-refractivity contribution is -0.392. The van der Waals surface area contributed by atoms with Crippen LogP contribution in [0.5, 0.6) is 11.5 Å². The summed E-state index contributed by atoms with van der Waals surface area (Å²) >= 11 is 1.64. The third kappa shape index (κ3) is 4.78. The van der Waals surface area contributed by atoms with Gasteiger partial charge in [0, 0.05) is 6.92 Å². The second kappa shape index (κ2) is 9.61. The van der Waals surface area contributed by atoms with Crippen molar-refractivity contribution in [3.8, 4) is 11.5 Å². The van der Waals surface area contributed by atoms with E-state index in [0.717, 1.165) is 20.8 Å². The first kappa shape index (κ1) is 21.5. The first-order chi connectivity index (χ1) is 15.5. The molecular weight excluding hydrogens is 428 g/mol. The van der Waals surface area contributed by atoms with Gasteiger partial charge in [-0.2, -0.15) is 0 Å². The smallest absolute Gasteiger partial charge is 0.342 e. The van der Waals surface area contributed by atoms with E-state index < -0.39 is 4.92 Å². The van der Waals surface area contributed by atoms with Gasteiger partial charge in [0.2, 0.25) is 0 Å². The van der Waals surface area contributed by atoms with Crippen LogP contribution in [0.25, 0.3) is 22.4 Å². The lowest BCUT2D eigenvalue weighted by Gasteiger charge is -2.12. The van der Waals surface area contributed by atoms with Crippen molar-refractivity contribution in [1.29, 1.82) is 0 Å². The zero-order valence-electron chi connectivity index (χ0n) is 17.7. The van der Waals surface area contributed by atoms with Crippen molar-refractivity contribution < 1.29 is 14.4 Å². The zero-order chi connectivity index (χ0) is 22.5. The number of ether oxygens (including phenoxy) is 2. The lowest BCUT2D eigenvalue weighted by Crippen LogP contribution is -2.12. The molecule has 0 radical (unpaired) electrons. The highest BCUT2D eigenvalue weighted by molar-refractivity contribution is 7.19. The highest BCUT2D eigenvalue weighted by atomic mass is 32.1. The molecule has 8 nitrogen and oxygen atoms in total. The van der Waals surface area contributed by atoms with Crippen LogP contribution in [-0.4, -0.2) is 32.7 Å². The van der Waals surface area contributed by atoms with Gasteiger partial charge < -0.3 is 19.6 Å². The van der Waals surface area contributed by atoms with Crippen LogP contribution in [0.3, 0.4) is 0 Å². The van der Waals surface area contributed by atoms with Crippen LogP contribution < -0.4 is 9.47 Å². The molecule has 0 aliphatic heterocycles. The summed E-state index contributed by atoms with van der Waals surface area (Å²) in [6.45, 7) is 4.69. The van der Waals surface area contributed by atoms with E-state index in [9.17, 15) is 10.1 Å². The molecule has 0 saturated carbocycles. The van der Waals surface area contributed by atoms with Crippen molar-refractivity contribution in [2.24, 2.45) is 0 Å². The minimum absolute atomic E-state index is 0.0496. The molecular formula is C23H22N4O4S. The Morgan fingerprint density at radius 1 is 1.16 bits per heavy atom. The largest absolute Gasteiger partial charge is 0.490 e. The fourth-order valence-corrected chi connectivity index (χ4v) is 4.14. The molecule has 4 rings (SSSR count). The maximum absolute atomic E-state index is 11.1. The molecule has 0 bridgehead atoms. The molecule has 0 fully saturated rings. The van der Waals surface area contributed by atoms with E-state index >= 15 is 0 Å². The second-order valence-corrected chi connectivity index (χ2v) is 7.98. The Morgan fingerprint density at radius 3 is 2.78 bits per heavy atom. The van der Waals surface area contributed by atoms with E-state index in [1.54, 1.807) is 18.3 Å². The van der Waals surface area contributed by atoms with Crippen molar-refractivity contribution in [3.05, 3.63) is 75.2 Å². The third-order valence-electron chi connectivity index (χ3n) is 4.79. The number of hydrogen-bond donors (Lipinski definition) is 0. The molecule has 0 N–H and O–H groups in total. The Hall–Kier alpha value is -3.72. The molecule has 4 aromatic rings. The van der Waals surface area contributed by atoms with Crippen LogP contribution in [0.15, 0.2) is 48.7 Å². The van der Waals surface area contributed by atoms with E-state index in [4.69, 9.17) is 9.47 Å². The van der Waals surface area contributed by atoms with Crippen LogP contribution in [0, 0.1) is 17.0 Å². The lowest BCUT2D eigenvalue weighted by atomic mass is 10.2. The average Bonchev–Trinajstić information content (AvgIpc) is 3.37. The maximum atomic E-state index is 11.1. The third-order valence-corrected chi connectivity index (χ3v) is 5.79. The molecule has 0 atom stereocenters. The SMILES string of the molecule is CCOc1cc(C=Cc2nc3ccccc3s2)ccc1OCCn1c([N+](=O)[O-])cnc1C. The number of hydrogen-bond acceptors (Lipinski definition) is 7. The number of aryl methyl sites for hydroxylation is 1. The molecule has 0 saturated heterocycles. The Morgan fingerprint density at radius 2 is 2.00 bits per heavy atom. The standard InChI is InChI=1S/C23H22N4O4S/c1-3-30-20-14-17(9-11-22-25-18-6-4-5-7-21(18)32-22)8-10-19(20)31-13-12-26-16(2)24-15-23(26)27(28)29/h4-11,14-15H,3,12-13H2,1-2H3. The minimum atomic E-state index is -0.446. The van der Waals surface area contributed by atoms with Crippen molar-refractivity contribution in [2.45, 2.75) is 20.4 Å². The number of fused-ring (bicyclic) bond motifs is 1. The fourth-order valence-electron chi connectivity index (χ4n) is 3.27. The predicted octanol–water partition coefficient (Wildman–Crippen LogP) is 5.36. The first-order valence-electron chi connectivity index (χ1n) is 10.1. The fraction of sp³-hybridized carbons (Fsp3) is 0.217. The molecule has 2 aromatic carbocycles. The number of rotatable bonds is 9. The summed E-state index contributed by atoms with van der Waals surface area (Å²) in [5, 5.41) is 12.1. The molecule has 0 unspecified atom stereocenters. The topological polar surface area (TPSA) is 92.3 Å². The van der Waals surface area contributed by atoms with Gasteiger partial charge in [-0.1, -0.05) is 24.3 Å². The van der Waals surface area contributed by atoms with Crippen molar-refractivity contribution >= 4 is 39.5 Å². The summed E-state index contributed by atoms with van der Waals surface area (Å²) in [6, 6.07) is 13.7. The highest BCUT2D eigenvalue weighted by Gasteiger charge is 2.17. The van der Waals surface area contributed by atoms with E-state index in [-0.39, 0.29) is 12.4 Å². The van der Waals surface area contributed by atoms with E-state index in [0.29, 0.717) is 30.5 Å². The molecule has 0 aliphatic rings. The predicted molar refractivity (Wildman–Crippen MR) is 125 cm³/mol. The average molecular weight is 451 g/mol. The summed E-state index contributed by atoms with van der Waals surface area (Å²) in [4.78, 5) is 19.3. The number of thiazole rings is 1. The number of para-hydroxylation sites is 1. The number of nitrogens with zero attached hydrogens (tertiary/aromatic N) is 4. The maximum Gasteiger partial charge on any atom is 0.342 e. The summed E-state index contributed by atoms with van der Waals surface area (Å²) in [6.07, 6.45) is 5.23. The Balaban J connectivity index is 1.46. The van der Waals surface area contributed by atoms with Crippen LogP contribution in [0.1, 0.15) is 23.3 Å². The van der Waals surface area contributed by atoms with Crippen LogP contribution in [0.2, 0.25) is 0 Å². The molecule has 2 heterocycles. The van der Waals surface area contributed by atoms with Crippen LogP contribution in [-0.2, 0) is 6.54 Å². The first-order valence-corrected chi connectivity index (χ1v) is 11.0. The van der Waals surface area contributed by atoms with Crippen molar-refractivity contribution in [1.82, 2.24) is 14.5 Å². The van der Waals surface area contributed by atoms with E-state index in [2.05, 4.69) is 16.0 Å².